The first kappa shape index (κ1) is 15.5. The van der Waals surface area contributed by atoms with Crippen LogP contribution in [0.25, 0.3) is 0 Å². The molecule has 0 saturated carbocycles. The van der Waals surface area contributed by atoms with Crippen LogP contribution in [0, 0.1) is 12.8 Å². The smallest absolute Gasteiger partial charge is 0.326 e. The number of carbonyl (C=O) groups is 2. The Morgan fingerprint density at radius 2 is 2.11 bits per heavy atom. The molecule has 0 aliphatic heterocycles. The van der Waals surface area contributed by atoms with Crippen LogP contribution in [0.15, 0.2) is 10.8 Å². The normalized spacial score (nSPS) is 13.6. The molecule has 2 unspecified atom stereocenters. The van der Waals surface area contributed by atoms with Crippen molar-refractivity contribution in [2.45, 2.75) is 39.8 Å². The lowest BCUT2D eigenvalue weighted by molar-refractivity contribution is -0.140. The van der Waals surface area contributed by atoms with Gasteiger partial charge in [-0.25, -0.2) is 9.59 Å². The molecule has 0 radical (unpaired) electrons. The lowest BCUT2D eigenvalue weighted by atomic mass is 9.99. The molecule has 0 fully saturated rings. The summed E-state index contributed by atoms with van der Waals surface area (Å²) >= 11 is 1.58. The third-order valence-corrected chi connectivity index (χ3v) is 4.08. The van der Waals surface area contributed by atoms with Gasteiger partial charge in [0.15, 0.2) is 0 Å². The first-order valence-electron chi connectivity index (χ1n) is 6.24. The second-order valence-electron chi connectivity index (χ2n) is 4.61. The molecular weight excluding hydrogens is 264 g/mol. The minimum Gasteiger partial charge on any atom is -0.480 e. The average Bonchev–Trinajstić information content (AvgIpc) is 2.77. The monoisotopic (exact) mass is 284 g/mol. The number of thiophene rings is 1. The van der Waals surface area contributed by atoms with Crippen molar-refractivity contribution in [1.29, 1.82) is 0 Å². The fourth-order valence-corrected chi connectivity index (χ4v) is 2.48. The van der Waals surface area contributed by atoms with Gasteiger partial charge in [-0.05, 0) is 34.7 Å². The van der Waals surface area contributed by atoms with Crippen molar-refractivity contribution in [2.75, 3.05) is 0 Å². The van der Waals surface area contributed by atoms with E-state index in [1.165, 1.54) is 0 Å². The predicted octanol–water partition coefficient (Wildman–Crippen LogP) is 2.36. The van der Waals surface area contributed by atoms with Crippen molar-refractivity contribution < 1.29 is 14.7 Å². The van der Waals surface area contributed by atoms with Crippen LogP contribution in [0.2, 0.25) is 0 Å². The molecule has 1 aromatic rings. The molecular formula is C13H20N2O3S. The zero-order valence-electron chi connectivity index (χ0n) is 11.4. The Hall–Kier alpha value is -1.56. The van der Waals surface area contributed by atoms with Crippen molar-refractivity contribution in [3.8, 4) is 0 Å². The van der Waals surface area contributed by atoms with Gasteiger partial charge in [0.05, 0.1) is 0 Å². The fourth-order valence-electron chi connectivity index (χ4n) is 1.62. The summed E-state index contributed by atoms with van der Waals surface area (Å²) in [6.45, 7) is 6.09. The Balaban J connectivity index is 2.49. The summed E-state index contributed by atoms with van der Waals surface area (Å²) in [5.74, 6) is -1.11. The average molecular weight is 284 g/mol. The Morgan fingerprint density at radius 3 is 2.58 bits per heavy atom. The molecule has 0 bridgehead atoms. The van der Waals surface area contributed by atoms with Gasteiger partial charge < -0.3 is 15.7 Å². The Labute approximate surface area is 117 Å². The zero-order valence-corrected chi connectivity index (χ0v) is 12.2. The van der Waals surface area contributed by atoms with Crippen molar-refractivity contribution >= 4 is 23.3 Å². The van der Waals surface area contributed by atoms with Crippen molar-refractivity contribution in [2.24, 2.45) is 5.92 Å². The highest BCUT2D eigenvalue weighted by molar-refractivity contribution is 7.08. The molecule has 1 aromatic heterocycles. The lowest BCUT2D eigenvalue weighted by Crippen LogP contribution is -2.48. The summed E-state index contributed by atoms with van der Waals surface area (Å²) in [5.41, 5.74) is 2.18. The first-order chi connectivity index (χ1) is 8.95. The van der Waals surface area contributed by atoms with Crippen LogP contribution in [-0.4, -0.2) is 23.1 Å². The molecule has 2 atom stereocenters. The van der Waals surface area contributed by atoms with E-state index in [1.54, 1.807) is 11.3 Å². The van der Waals surface area contributed by atoms with Crippen LogP contribution < -0.4 is 10.6 Å². The van der Waals surface area contributed by atoms with E-state index in [9.17, 15) is 9.59 Å². The standard InChI is InChI=1S/C13H20N2O3S/c1-4-8(2)11(12(16)17)15-13(18)14-5-10-7-19-6-9(10)3/h6-8,11H,4-5H2,1-3H3,(H,16,17)(H2,14,15,18). The maximum atomic E-state index is 11.7. The van der Waals surface area contributed by atoms with E-state index in [0.29, 0.717) is 13.0 Å². The molecule has 19 heavy (non-hydrogen) atoms. The van der Waals surface area contributed by atoms with Gasteiger partial charge in [0, 0.05) is 6.54 Å². The molecule has 6 heteroatoms. The molecule has 5 nitrogen and oxygen atoms in total. The molecule has 2 amide bonds. The molecule has 0 aliphatic rings. The Morgan fingerprint density at radius 1 is 1.42 bits per heavy atom. The van der Waals surface area contributed by atoms with E-state index >= 15 is 0 Å². The summed E-state index contributed by atoms with van der Waals surface area (Å²) in [6.07, 6.45) is 0.695. The predicted molar refractivity (Wildman–Crippen MR) is 75.3 cm³/mol. The fraction of sp³-hybridized carbons (Fsp3) is 0.538. The largest absolute Gasteiger partial charge is 0.480 e. The van der Waals surface area contributed by atoms with Gasteiger partial charge in [-0.3, -0.25) is 0 Å². The van der Waals surface area contributed by atoms with Crippen molar-refractivity contribution in [3.05, 3.63) is 21.9 Å². The van der Waals surface area contributed by atoms with E-state index in [2.05, 4.69) is 10.6 Å². The van der Waals surface area contributed by atoms with Crippen LogP contribution in [0.5, 0.6) is 0 Å². The van der Waals surface area contributed by atoms with Crippen LogP contribution >= 0.6 is 11.3 Å². The number of carbonyl (C=O) groups excluding carboxylic acids is 1. The highest BCUT2D eigenvalue weighted by Gasteiger charge is 2.25. The minimum atomic E-state index is -1.00. The quantitative estimate of drug-likeness (QED) is 0.750. The van der Waals surface area contributed by atoms with Gasteiger partial charge in [-0.1, -0.05) is 20.3 Å². The number of urea groups is 1. The van der Waals surface area contributed by atoms with Crippen LogP contribution in [0.1, 0.15) is 31.4 Å². The molecule has 0 spiro atoms. The Kier molecular flexibility index (Phi) is 5.82. The van der Waals surface area contributed by atoms with E-state index in [-0.39, 0.29) is 5.92 Å². The number of rotatable bonds is 6. The summed E-state index contributed by atoms with van der Waals surface area (Å²) in [7, 11) is 0. The molecule has 106 valence electrons. The highest BCUT2D eigenvalue weighted by atomic mass is 32.1. The SMILES string of the molecule is CCC(C)C(NC(=O)NCc1cscc1C)C(=O)O. The van der Waals surface area contributed by atoms with Gasteiger partial charge in [-0.15, -0.1) is 0 Å². The first-order valence-corrected chi connectivity index (χ1v) is 7.18. The van der Waals surface area contributed by atoms with Crippen molar-refractivity contribution in [1.82, 2.24) is 10.6 Å². The summed E-state index contributed by atoms with van der Waals surface area (Å²) in [5, 5.41) is 18.2. The third kappa shape index (κ3) is 4.55. The highest BCUT2D eigenvalue weighted by Crippen LogP contribution is 2.13. The van der Waals surface area contributed by atoms with Gasteiger partial charge in [0.2, 0.25) is 0 Å². The Bertz CT molecular complexity index is 445. The second-order valence-corrected chi connectivity index (χ2v) is 5.35. The molecule has 1 rings (SSSR count). The van der Waals surface area contributed by atoms with Gasteiger partial charge in [-0.2, -0.15) is 11.3 Å². The summed E-state index contributed by atoms with van der Waals surface area (Å²) < 4.78 is 0. The van der Waals surface area contributed by atoms with Crippen LogP contribution in [0.3, 0.4) is 0 Å². The lowest BCUT2D eigenvalue weighted by Gasteiger charge is -2.20. The molecule has 0 aromatic carbocycles. The number of nitrogens with one attached hydrogen (secondary N) is 2. The minimum absolute atomic E-state index is 0.105. The topological polar surface area (TPSA) is 78.4 Å². The number of amides is 2. The van der Waals surface area contributed by atoms with E-state index in [4.69, 9.17) is 5.11 Å². The second kappa shape index (κ2) is 7.13. The number of hydrogen-bond acceptors (Lipinski definition) is 3. The van der Waals surface area contributed by atoms with Crippen LogP contribution in [0.4, 0.5) is 4.79 Å². The summed E-state index contributed by atoms with van der Waals surface area (Å²) in [4.78, 5) is 22.8. The van der Waals surface area contributed by atoms with E-state index in [1.807, 2.05) is 31.5 Å². The number of aliphatic carboxylic acids is 1. The summed E-state index contributed by atoms with van der Waals surface area (Å²) in [6, 6.07) is -1.30. The van der Waals surface area contributed by atoms with Gasteiger partial charge in [0.1, 0.15) is 6.04 Å². The van der Waals surface area contributed by atoms with E-state index in [0.717, 1.165) is 11.1 Å². The maximum absolute atomic E-state index is 11.7. The molecule has 1 heterocycles. The molecule has 0 saturated heterocycles. The van der Waals surface area contributed by atoms with Crippen molar-refractivity contribution in [3.63, 3.8) is 0 Å². The number of carboxylic acids is 1. The zero-order chi connectivity index (χ0) is 14.4. The van der Waals surface area contributed by atoms with Crippen LogP contribution in [-0.2, 0) is 11.3 Å². The number of carboxylic acid groups (broad SMARTS) is 1. The van der Waals surface area contributed by atoms with E-state index < -0.39 is 18.0 Å². The van der Waals surface area contributed by atoms with Gasteiger partial charge >= 0.3 is 12.0 Å². The molecule has 3 N–H and O–H groups in total. The van der Waals surface area contributed by atoms with Gasteiger partial charge in [0.25, 0.3) is 0 Å². The maximum Gasteiger partial charge on any atom is 0.326 e. The molecule has 0 aliphatic carbocycles. The number of aryl methyl sites for hydroxylation is 1. The third-order valence-electron chi connectivity index (χ3n) is 3.17. The number of hydrogen-bond donors (Lipinski definition) is 3.